The van der Waals surface area contributed by atoms with E-state index in [1.807, 2.05) is 0 Å². The van der Waals surface area contributed by atoms with Gasteiger partial charge in [0.05, 0.1) is 7.11 Å². The Morgan fingerprint density at radius 2 is 2.05 bits per heavy atom. The van der Waals surface area contributed by atoms with E-state index in [0.717, 1.165) is 12.8 Å². The summed E-state index contributed by atoms with van der Waals surface area (Å²) in [6.07, 6.45) is 5.19. The number of anilines is 1. The van der Waals surface area contributed by atoms with E-state index in [0.29, 0.717) is 18.0 Å². The Morgan fingerprint density at radius 1 is 1.35 bits per heavy atom. The number of hydrogen-bond acceptors (Lipinski definition) is 3. The lowest BCUT2D eigenvalue weighted by atomic mass is 10.0. The maximum absolute atomic E-state index is 11.9. The summed E-state index contributed by atoms with van der Waals surface area (Å²) in [6.45, 7) is 0. The molecule has 0 heterocycles. The molecule has 2 rings (SSSR count). The number of carbonyl (C=O) groups excluding carboxylic acids is 1. The highest BCUT2D eigenvalue weighted by atomic mass is 16.5. The highest BCUT2D eigenvalue weighted by Gasteiger charge is 2.19. The van der Waals surface area contributed by atoms with Crippen molar-refractivity contribution in [3.63, 3.8) is 0 Å². The van der Waals surface area contributed by atoms with Crippen LogP contribution in [0.1, 0.15) is 42.5 Å². The summed E-state index contributed by atoms with van der Waals surface area (Å²) in [5.74, 6) is -0.348. The number of nitrogens with one attached hydrogen (secondary N) is 1. The van der Waals surface area contributed by atoms with Crippen molar-refractivity contribution >= 4 is 17.6 Å². The zero-order valence-corrected chi connectivity index (χ0v) is 11.5. The first-order valence-corrected chi connectivity index (χ1v) is 6.81. The lowest BCUT2D eigenvalue weighted by molar-refractivity contribution is -0.117. The van der Waals surface area contributed by atoms with Gasteiger partial charge in [-0.15, -0.1) is 0 Å². The second-order valence-electron chi connectivity index (χ2n) is 5.12. The second kappa shape index (κ2) is 6.41. The fraction of sp³-hybridized carbons (Fsp3) is 0.467. The molecule has 2 N–H and O–H groups in total. The van der Waals surface area contributed by atoms with Gasteiger partial charge in [-0.1, -0.05) is 12.8 Å². The summed E-state index contributed by atoms with van der Waals surface area (Å²) >= 11 is 0. The Morgan fingerprint density at radius 3 is 2.65 bits per heavy atom. The molecular weight excluding hydrogens is 258 g/mol. The summed E-state index contributed by atoms with van der Waals surface area (Å²) in [7, 11) is 1.41. The van der Waals surface area contributed by atoms with Gasteiger partial charge in [0.15, 0.2) is 0 Å². The minimum Gasteiger partial charge on any atom is -0.496 e. The third-order valence-electron chi connectivity index (χ3n) is 3.66. The largest absolute Gasteiger partial charge is 0.496 e. The number of rotatable bonds is 5. The monoisotopic (exact) mass is 277 g/mol. The quantitative estimate of drug-likeness (QED) is 0.867. The Kier molecular flexibility index (Phi) is 4.61. The molecule has 1 aliphatic rings. The zero-order valence-electron chi connectivity index (χ0n) is 11.5. The third kappa shape index (κ3) is 3.50. The highest BCUT2D eigenvalue weighted by molar-refractivity contribution is 5.94. The summed E-state index contributed by atoms with van der Waals surface area (Å²) in [5, 5.41) is 11.8. The van der Waals surface area contributed by atoms with Gasteiger partial charge in [0.1, 0.15) is 11.3 Å². The molecule has 1 saturated carbocycles. The summed E-state index contributed by atoms with van der Waals surface area (Å²) in [4.78, 5) is 22.9. The van der Waals surface area contributed by atoms with Gasteiger partial charge < -0.3 is 15.2 Å². The van der Waals surface area contributed by atoms with Crippen LogP contribution in [0.4, 0.5) is 5.69 Å². The van der Waals surface area contributed by atoms with Gasteiger partial charge >= 0.3 is 5.97 Å². The third-order valence-corrected chi connectivity index (χ3v) is 3.66. The molecule has 0 saturated heterocycles. The first kappa shape index (κ1) is 14.4. The van der Waals surface area contributed by atoms with Crippen LogP contribution >= 0.6 is 0 Å². The molecule has 0 aliphatic heterocycles. The molecule has 5 nitrogen and oxygen atoms in total. The van der Waals surface area contributed by atoms with Gasteiger partial charge in [0, 0.05) is 18.2 Å². The maximum Gasteiger partial charge on any atom is 0.339 e. The van der Waals surface area contributed by atoms with Crippen molar-refractivity contribution < 1.29 is 19.4 Å². The first-order valence-electron chi connectivity index (χ1n) is 6.81. The van der Waals surface area contributed by atoms with Crippen LogP contribution in [0.15, 0.2) is 18.2 Å². The fourth-order valence-corrected chi connectivity index (χ4v) is 2.63. The Hall–Kier alpha value is -2.04. The van der Waals surface area contributed by atoms with Crippen molar-refractivity contribution in [2.75, 3.05) is 12.4 Å². The van der Waals surface area contributed by atoms with E-state index in [9.17, 15) is 9.59 Å². The van der Waals surface area contributed by atoms with Crippen LogP contribution in [0.25, 0.3) is 0 Å². The maximum atomic E-state index is 11.9. The van der Waals surface area contributed by atoms with Crippen LogP contribution in [0.5, 0.6) is 5.75 Å². The van der Waals surface area contributed by atoms with Crippen LogP contribution < -0.4 is 10.1 Å². The van der Waals surface area contributed by atoms with Crippen molar-refractivity contribution in [2.45, 2.75) is 32.1 Å². The van der Waals surface area contributed by atoms with E-state index < -0.39 is 5.97 Å². The Balaban J connectivity index is 2.01. The average Bonchev–Trinajstić information content (AvgIpc) is 2.90. The standard InChI is InChI=1S/C15H19NO4/c1-20-13-9-11(6-7-12(13)15(18)19)16-14(17)8-10-4-2-3-5-10/h6-7,9-10H,2-5,8H2,1H3,(H,16,17)(H,18,19). The number of methoxy groups -OCH3 is 1. The van der Waals surface area contributed by atoms with E-state index in [1.165, 1.54) is 32.1 Å². The Bertz CT molecular complexity index is 507. The van der Waals surface area contributed by atoms with Gasteiger partial charge in [0.2, 0.25) is 5.91 Å². The summed E-state index contributed by atoms with van der Waals surface area (Å²) < 4.78 is 5.03. The molecular formula is C15H19NO4. The van der Waals surface area contributed by atoms with Crippen LogP contribution in [0.3, 0.4) is 0 Å². The van der Waals surface area contributed by atoms with E-state index in [4.69, 9.17) is 9.84 Å². The molecule has 0 radical (unpaired) electrons. The minimum absolute atomic E-state index is 0.0259. The molecule has 1 aromatic rings. The van der Waals surface area contributed by atoms with Gasteiger partial charge in [-0.05, 0) is 30.9 Å². The number of carbonyl (C=O) groups is 2. The number of hydrogen-bond donors (Lipinski definition) is 2. The van der Waals surface area contributed by atoms with Crippen molar-refractivity contribution in [1.29, 1.82) is 0 Å². The predicted molar refractivity (Wildman–Crippen MR) is 75.2 cm³/mol. The normalized spacial score (nSPS) is 15.1. The van der Waals surface area contributed by atoms with Crippen LogP contribution in [0.2, 0.25) is 0 Å². The van der Waals surface area contributed by atoms with Crippen molar-refractivity contribution in [3.05, 3.63) is 23.8 Å². The average molecular weight is 277 g/mol. The van der Waals surface area contributed by atoms with Gasteiger partial charge in [-0.25, -0.2) is 4.79 Å². The topological polar surface area (TPSA) is 75.6 Å². The van der Waals surface area contributed by atoms with Crippen LogP contribution in [-0.2, 0) is 4.79 Å². The summed E-state index contributed by atoms with van der Waals surface area (Å²) in [6, 6.07) is 4.56. The molecule has 1 aliphatic carbocycles. The van der Waals surface area contributed by atoms with Crippen molar-refractivity contribution in [2.24, 2.45) is 5.92 Å². The number of aromatic carboxylic acids is 1. The molecule has 1 fully saturated rings. The molecule has 108 valence electrons. The molecule has 0 unspecified atom stereocenters. The molecule has 20 heavy (non-hydrogen) atoms. The molecule has 0 atom stereocenters. The fourth-order valence-electron chi connectivity index (χ4n) is 2.63. The van der Waals surface area contributed by atoms with Crippen LogP contribution in [-0.4, -0.2) is 24.1 Å². The van der Waals surface area contributed by atoms with Crippen molar-refractivity contribution in [3.8, 4) is 5.75 Å². The molecule has 5 heteroatoms. The molecule has 0 aromatic heterocycles. The SMILES string of the molecule is COc1cc(NC(=O)CC2CCCC2)ccc1C(=O)O. The second-order valence-corrected chi connectivity index (χ2v) is 5.12. The van der Waals surface area contributed by atoms with Gasteiger partial charge in [0.25, 0.3) is 0 Å². The van der Waals surface area contributed by atoms with Crippen molar-refractivity contribution in [1.82, 2.24) is 0 Å². The number of ether oxygens (including phenoxy) is 1. The molecule has 0 spiro atoms. The molecule has 0 bridgehead atoms. The van der Waals surface area contributed by atoms with E-state index >= 15 is 0 Å². The van der Waals surface area contributed by atoms with Gasteiger partial charge in [-0.2, -0.15) is 0 Å². The first-order chi connectivity index (χ1) is 9.60. The zero-order chi connectivity index (χ0) is 14.5. The summed E-state index contributed by atoms with van der Waals surface area (Å²) in [5.41, 5.74) is 0.649. The van der Waals surface area contributed by atoms with Gasteiger partial charge in [-0.3, -0.25) is 4.79 Å². The van der Waals surface area contributed by atoms with Crippen LogP contribution in [0, 0.1) is 5.92 Å². The minimum atomic E-state index is -1.05. The number of benzene rings is 1. The lowest BCUT2D eigenvalue weighted by Gasteiger charge is -2.11. The van der Waals surface area contributed by atoms with E-state index in [2.05, 4.69) is 5.32 Å². The van der Waals surface area contributed by atoms with E-state index in [-0.39, 0.29) is 17.2 Å². The Labute approximate surface area is 117 Å². The predicted octanol–water partition coefficient (Wildman–Crippen LogP) is 2.91. The smallest absolute Gasteiger partial charge is 0.339 e. The lowest BCUT2D eigenvalue weighted by Crippen LogP contribution is -2.15. The molecule has 1 aromatic carbocycles. The highest BCUT2D eigenvalue weighted by Crippen LogP contribution is 2.28. The number of carboxylic acids is 1. The molecule has 1 amide bonds. The number of carboxylic acid groups (broad SMARTS) is 1. The number of amides is 1. The van der Waals surface area contributed by atoms with E-state index in [1.54, 1.807) is 6.07 Å².